The van der Waals surface area contributed by atoms with E-state index >= 15 is 0 Å². The average Bonchev–Trinajstić information content (AvgIpc) is 2.90. The van der Waals surface area contributed by atoms with Gasteiger partial charge < -0.3 is 10.6 Å². The van der Waals surface area contributed by atoms with Crippen LogP contribution in [0.2, 0.25) is 0 Å². The van der Waals surface area contributed by atoms with Crippen molar-refractivity contribution in [3.63, 3.8) is 0 Å². The minimum atomic E-state index is -3.79. The standard InChI is InChI=1S/C20H25N3O3S/c1-13-6-3-4-11-20(13,12-21)22-27(25,26)17-10-9-16-18-14(17)7-5-8-15(18)19(24)23(16)2/h5,7-10,13,22H,3-4,6,11-12,21H2,1-2H3. The van der Waals surface area contributed by atoms with Crippen molar-refractivity contribution in [1.82, 2.24) is 4.72 Å². The Hall–Kier alpha value is -1.96. The summed E-state index contributed by atoms with van der Waals surface area (Å²) in [5, 5.41) is 1.28. The number of nitrogens with zero attached hydrogens (tertiary/aromatic N) is 1. The van der Waals surface area contributed by atoms with Crippen LogP contribution >= 0.6 is 0 Å². The van der Waals surface area contributed by atoms with Crippen molar-refractivity contribution in [2.45, 2.75) is 43.0 Å². The maximum Gasteiger partial charge on any atom is 0.258 e. The number of anilines is 1. The van der Waals surface area contributed by atoms with E-state index in [9.17, 15) is 13.2 Å². The first-order valence-corrected chi connectivity index (χ1v) is 10.9. The monoisotopic (exact) mass is 387 g/mol. The minimum absolute atomic E-state index is 0.113. The fraction of sp³-hybridized carbons (Fsp3) is 0.450. The molecule has 1 fully saturated rings. The molecule has 3 N–H and O–H groups in total. The van der Waals surface area contributed by atoms with Gasteiger partial charge in [-0.2, -0.15) is 0 Å². The molecule has 27 heavy (non-hydrogen) atoms. The summed E-state index contributed by atoms with van der Waals surface area (Å²) in [5.41, 5.74) is 6.71. The van der Waals surface area contributed by atoms with Crippen LogP contribution in [-0.4, -0.2) is 33.5 Å². The summed E-state index contributed by atoms with van der Waals surface area (Å²) < 4.78 is 29.7. The van der Waals surface area contributed by atoms with Gasteiger partial charge >= 0.3 is 0 Å². The summed E-state index contributed by atoms with van der Waals surface area (Å²) in [4.78, 5) is 14.2. The zero-order valence-corrected chi connectivity index (χ0v) is 16.5. The second-order valence-corrected chi connectivity index (χ2v) is 9.44. The van der Waals surface area contributed by atoms with E-state index < -0.39 is 15.6 Å². The number of nitrogens with two attached hydrogens (primary N) is 1. The first-order valence-electron chi connectivity index (χ1n) is 9.38. The number of sulfonamides is 1. The third kappa shape index (κ3) is 2.68. The van der Waals surface area contributed by atoms with Gasteiger partial charge in [0, 0.05) is 35.5 Å². The maximum atomic E-state index is 13.4. The van der Waals surface area contributed by atoms with Crippen molar-refractivity contribution >= 4 is 32.4 Å². The molecule has 1 saturated carbocycles. The third-order valence-corrected chi connectivity index (χ3v) is 7.93. The molecule has 1 aliphatic carbocycles. The van der Waals surface area contributed by atoms with Gasteiger partial charge in [0.05, 0.1) is 10.6 Å². The molecular weight excluding hydrogens is 362 g/mol. The highest BCUT2D eigenvalue weighted by Crippen LogP contribution is 2.40. The topological polar surface area (TPSA) is 92.5 Å². The Morgan fingerprint density at radius 2 is 2.04 bits per heavy atom. The molecule has 0 bridgehead atoms. The number of hydrogen-bond donors (Lipinski definition) is 2. The van der Waals surface area contributed by atoms with Gasteiger partial charge in [-0.3, -0.25) is 4.79 Å². The molecule has 2 unspecified atom stereocenters. The second kappa shape index (κ2) is 6.29. The van der Waals surface area contributed by atoms with Gasteiger partial charge in [0.1, 0.15) is 0 Å². The van der Waals surface area contributed by atoms with Crippen LogP contribution < -0.4 is 15.4 Å². The Labute approximate surface area is 159 Å². The quantitative estimate of drug-likeness (QED) is 0.843. The predicted octanol–water partition coefficient (Wildman–Crippen LogP) is 2.62. The van der Waals surface area contributed by atoms with E-state index in [4.69, 9.17) is 5.73 Å². The van der Waals surface area contributed by atoms with Gasteiger partial charge in [0.25, 0.3) is 5.91 Å². The Morgan fingerprint density at radius 1 is 1.26 bits per heavy atom. The molecule has 144 valence electrons. The van der Waals surface area contributed by atoms with Crippen molar-refractivity contribution in [2.24, 2.45) is 11.7 Å². The highest BCUT2D eigenvalue weighted by atomic mass is 32.2. The van der Waals surface area contributed by atoms with E-state index in [0.717, 1.165) is 31.4 Å². The fourth-order valence-electron chi connectivity index (χ4n) is 4.58. The van der Waals surface area contributed by atoms with Crippen molar-refractivity contribution in [3.05, 3.63) is 35.9 Å². The Balaban J connectivity index is 1.84. The van der Waals surface area contributed by atoms with Crippen molar-refractivity contribution in [3.8, 4) is 0 Å². The molecule has 2 atom stereocenters. The number of nitrogens with one attached hydrogen (secondary N) is 1. The zero-order valence-electron chi connectivity index (χ0n) is 15.7. The Kier molecular flexibility index (Phi) is 4.29. The highest BCUT2D eigenvalue weighted by Gasteiger charge is 2.41. The fourth-order valence-corrected chi connectivity index (χ4v) is 6.31. The van der Waals surface area contributed by atoms with E-state index in [-0.39, 0.29) is 23.3 Å². The number of carbonyl (C=O) groups excluding carboxylic acids is 1. The van der Waals surface area contributed by atoms with E-state index in [1.807, 2.05) is 0 Å². The number of carbonyl (C=O) groups is 1. The number of benzene rings is 2. The first kappa shape index (κ1) is 18.4. The number of rotatable bonds is 4. The van der Waals surface area contributed by atoms with Crippen LogP contribution in [0, 0.1) is 5.92 Å². The highest BCUT2D eigenvalue weighted by molar-refractivity contribution is 7.89. The van der Waals surface area contributed by atoms with Gasteiger partial charge in [0.15, 0.2) is 0 Å². The van der Waals surface area contributed by atoms with Gasteiger partial charge in [-0.05, 0) is 37.0 Å². The lowest BCUT2D eigenvalue weighted by Crippen LogP contribution is -2.58. The largest absolute Gasteiger partial charge is 0.329 e. The second-order valence-electron chi connectivity index (χ2n) is 7.79. The molecule has 0 spiro atoms. The van der Waals surface area contributed by atoms with E-state index in [0.29, 0.717) is 16.3 Å². The molecule has 0 saturated heterocycles. The summed E-state index contributed by atoms with van der Waals surface area (Å²) >= 11 is 0. The molecule has 2 aromatic rings. The maximum absolute atomic E-state index is 13.4. The Bertz CT molecular complexity index is 1030. The molecule has 6 nitrogen and oxygen atoms in total. The lowest BCUT2D eigenvalue weighted by molar-refractivity contribution is 0.0999. The van der Waals surface area contributed by atoms with Crippen LogP contribution in [0.1, 0.15) is 43.0 Å². The SMILES string of the molecule is CC1CCCCC1(CN)NS(=O)(=O)c1ccc2c3c(cccc13)C(=O)N2C. The van der Waals surface area contributed by atoms with Gasteiger partial charge in [-0.25, -0.2) is 13.1 Å². The van der Waals surface area contributed by atoms with Crippen LogP contribution in [0.4, 0.5) is 5.69 Å². The molecular formula is C20H25N3O3S. The molecule has 1 aliphatic heterocycles. The van der Waals surface area contributed by atoms with E-state index in [1.165, 1.54) is 0 Å². The number of hydrogen-bond acceptors (Lipinski definition) is 4. The van der Waals surface area contributed by atoms with Crippen LogP contribution in [0.15, 0.2) is 35.2 Å². The summed E-state index contributed by atoms with van der Waals surface area (Å²) in [5.74, 6) is 0.0629. The summed E-state index contributed by atoms with van der Waals surface area (Å²) in [6.07, 6.45) is 3.77. The predicted molar refractivity (Wildman–Crippen MR) is 106 cm³/mol. The van der Waals surface area contributed by atoms with Crippen molar-refractivity contribution < 1.29 is 13.2 Å². The van der Waals surface area contributed by atoms with E-state index in [2.05, 4.69) is 11.6 Å². The van der Waals surface area contributed by atoms with Crippen molar-refractivity contribution in [1.29, 1.82) is 0 Å². The third-order valence-electron chi connectivity index (χ3n) is 6.32. The molecule has 4 rings (SSSR count). The average molecular weight is 388 g/mol. The lowest BCUT2D eigenvalue weighted by Gasteiger charge is -2.42. The summed E-state index contributed by atoms with van der Waals surface area (Å²) in [6.45, 7) is 2.34. The summed E-state index contributed by atoms with van der Waals surface area (Å²) in [6, 6.07) is 8.55. The molecule has 0 radical (unpaired) electrons. The molecule has 0 aromatic heterocycles. The molecule has 2 aromatic carbocycles. The zero-order chi connectivity index (χ0) is 19.4. The van der Waals surface area contributed by atoms with Gasteiger partial charge in [-0.1, -0.05) is 31.9 Å². The summed E-state index contributed by atoms with van der Waals surface area (Å²) in [7, 11) is -2.09. The number of amides is 1. The van der Waals surface area contributed by atoms with Crippen LogP contribution in [0.3, 0.4) is 0 Å². The molecule has 1 amide bonds. The van der Waals surface area contributed by atoms with E-state index in [1.54, 1.807) is 42.3 Å². The molecule has 2 aliphatic rings. The van der Waals surface area contributed by atoms with Gasteiger partial charge in [0.2, 0.25) is 10.0 Å². The molecule has 1 heterocycles. The molecule has 7 heteroatoms. The smallest absolute Gasteiger partial charge is 0.258 e. The first-order chi connectivity index (χ1) is 12.8. The van der Waals surface area contributed by atoms with Crippen molar-refractivity contribution in [2.75, 3.05) is 18.5 Å². The van der Waals surface area contributed by atoms with Crippen LogP contribution in [-0.2, 0) is 10.0 Å². The van der Waals surface area contributed by atoms with Gasteiger partial charge in [-0.15, -0.1) is 0 Å². The minimum Gasteiger partial charge on any atom is -0.329 e. The lowest BCUT2D eigenvalue weighted by atomic mass is 9.74. The Morgan fingerprint density at radius 3 is 2.74 bits per heavy atom. The van der Waals surface area contributed by atoms with Crippen LogP contribution in [0.25, 0.3) is 10.8 Å². The normalized spacial score (nSPS) is 25.4. The van der Waals surface area contributed by atoms with Crippen LogP contribution in [0.5, 0.6) is 0 Å².